The molecule has 53 heavy (non-hydrogen) atoms. The van der Waals surface area contributed by atoms with Crippen LogP contribution in [0.25, 0.3) is 0 Å². The summed E-state index contributed by atoms with van der Waals surface area (Å²) < 4.78 is 0. The lowest BCUT2D eigenvalue weighted by Gasteiger charge is -2.05. The van der Waals surface area contributed by atoms with Crippen molar-refractivity contribution in [3.05, 3.63) is 0 Å². The lowest BCUT2D eigenvalue weighted by Crippen LogP contribution is -2.23. The number of carbonyl (C=O) groups is 1. The summed E-state index contributed by atoms with van der Waals surface area (Å²) in [4.78, 5) is 11.6. The molecule has 0 heterocycles. The van der Waals surface area contributed by atoms with Crippen LogP contribution in [0.5, 0.6) is 0 Å². The summed E-state index contributed by atoms with van der Waals surface area (Å²) in [6, 6.07) is 0. The van der Waals surface area contributed by atoms with Gasteiger partial charge in [0.2, 0.25) is 5.91 Å². The summed E-state index contributed by atoms with van der Waals surface area (Å²) in [5.41, 5.74) is 0. The van der Waals surface area contributed by atoms with Crippen LogP contribution in [0.15, 0.2) is 0 Å². The second kappa shape index (κ2) is 49.5. The van der Waals surface area contributed by atoms with Crippen LogP contribution in [0.1, 0.15) is 316 Å². The van der Waals surface area contributed by atoms with Crippen molar-refractivity contribution in [2.24, 2.45) is 0 Å². The molecular formula is C51H103NO. The lowest BCUT2D eigenvalue weighted by molar-refractivity contribution is -0.121. The van der Waals surface area contributed by atoms with E-state index in [1.54, 1.807) is 0 Å². The van der Waals surface area contributed by atoms with Crippen LogP contribution in [0.3, 0.4) is 0 Å². The number of carbonyl (C=O) groups excluding carboxylic acids is 1. The smallest absolute Gasteiger partial charge is 0.219 e. The number of rotatable bonds is 48. The molecule has 0 fully saturated rings. The second-order valence-electron chi connectivity index (χ2n) is 17.7. The lowest BCUT2D eigenvalue weighted by atomic mass is 10.0. The zero-order chi connectivity index (χ0) is 38.2. The maximum atomic E-state index is 11.6. The van der Waals surface area contributed by atoms with E-state index in [4.69, 9.17) is 0 Å². The van der Waals surface area contributed by atoms with Gasteiger partial charge in [0, 0.05) is 13.0 Å². The van der Waals surface area contributed by atoms with Crippen LogP contribution in [0.4, 0.5) is 0 Å². The summed E-state index contributed by atoms with van der Waals surface area (Å²) in [5, 5.41) is 2.98. The van der Waals surface area contributed by atoms with Gasteiger partial charge in [-0.25, -0.2) is 0 Å². The Hall–Kier alpha value is -0.530. The van der Waals surface area contributed by atoms with Gasteiger partial charge >= 0.3 is 0 Å². The van der Waals surface area contributed by atoms with Crippen molar-refractivity contribution in [2.75, 3.05) is 6.54 Å². The summed E-state index contributed by atoms with van der Waals surface area (Å²) in [6.45, 7) is 5.25. The largest absolute Gasteiger partial charge is 0.356 e. The summed E-state index contributed by atoms with van der Waals surface area (Å²) in [5.74, 6) is 0.244. The van der Waals surface area contributed by atoms with Crippen LogP contribution in [0, 0.1) is 0 Å². The monoisotopic (exact) mass is 746 g/mol. The van der Waals surface area contributed by atoms with Gasteiger partial charge < -0.3 is 5.32 Å². The number of amides is 1. The van der Waals surface area contributed by atoms with E-state index in [0.717, 1.165) is 25.8 Å². The molecule has 0 aromatic carbocycles. The number of nitrogens with one attached hydrogen (secondary N) is 1. The first-order valence-corrected chi connectivity index (χ1v) is 25.6. The van der Waals surface area contributed by atoms with E-state index >= 15 is 0 Å². The second-order valence-corrected chi connectivity index (χ2v) is 17.7. The van der Waals surface area contributed by atoms with E-state index in [2.05, 4.69) is 19.2 Å². The molecule has 2 heteroatoms. The van der Waals surface area contributed by atoms with Gasteiger partial charge in [-0.3, -0.25) is 4.79 Å². The molecule has 1 N–H and O–H groups in total. The predicted octanol–water partition coefficient (Wildman–Crippen LogP) is 18.5. The molecule has 0 aromatic heterocycles. The summed E-state index contributed by atoms with van der Waals surface area (Å²) >= 11 is 0. The predicted molar refractivity (Wildman–Crippen MR) is 241 cm³/mol. The van der Waals surface area contributed by atoms with Gasteiger partial charge in [0.15, 0.2) is 0 Å². The van der Waals surface area contributed by atoms with Crippen LogP contribution >= 0.6 is 0 Å². The summed E-state index contributed by atoms with van der Waals surface area (Å²) in [7, 11) is 0. The summed E-state index contributed by atoms with van der Waals surface area (Å²) in [6.07, 6.45) is 67.1. The quantitative estimate of drug-likeness (QED) is 0.0617. The fourth-order valence-electron chi connectivity index (χ4n) is 8.31. The molecule has 0 aromatic rings. The molecule has 1 amide bonds. The standard InChI is InChI=1S/C51H103NO/c1-3-5-6-7-8-9-10-11-12-13-14-15-16-17-18-19-20-21-22-23-24-25-26-27-28-29-30-31-32-33-34-35-36-37-38-39-40-41-42-43-44-45-46-47-48-49-51(53)52-50-4-2/h3-50H2,1-2H3,(H,52,53). The van der Waals surface area contributed by atoms with E-state index in [1.807, 2.05) is 0 Å². The first-order valence-electron chi connectivity index (χ1n) is 25.6. The molecule has 0 aliphatic carbocycles. The van der Waals surface area contributed by atoms with Gasteiger partial charge in [0.25, 0.3) is 0 Å². The average Bonchev–Trinajstić information content (AvgIpc) is 3.17. The Labute approximate surface area is 337 Å². The van der Waals surface area contributed by atoms with E-state index in [1.165, 1.54) is 283 Å². The van der Waals surface area contributed by atoms with Crippen molar-refractivity contribution in [1.82, 2.24) is 5.32 Å². The zero-order valence-electron chi connectivity index (χ0n) is 37.3. The number of hydrogen-bond donors (Lipinski definition) is 1. The Bertz CT molecular complexity index is 646. The molecule has 0 bridgehead atoms. The van der Waals surface area contributed by atoms with E-state index < -0.39 is 0 Å². The highest BCUT2D eigenvalue weighted by Crippen LogP contribution is 2.18. The third-order valence-corrected chi connectivity index (χ3v) is 12.1. The molecule has 0 aliphatic rings. The van der Waals surface area contributed by atoms with E-state index in [0.29, 0.717) is 0 Å². The SMILES string of the molecule is CCCCCCCCCCCCCCCCCCCCCCCCCCCCCCCCCCCCCCCCCCCCCCCC(=O)NCCC. The van der Waals surface area contributed by atoms with Crippen LogP contribution in [-0.4, -0.2) is 12.5 Å². The van der Waals surface area contributed by atoms with Crippen molar-refractivity contribution in [3.8, 4) is 0 Å². The van der Waals surface area contributed by atoms with Gasteiger partial charge in [-0.05, 0) is 12.8 Å². The van der Waals surface area contributed by atoms with Crippen LogP contribution in [0.2, 0.25) is 0 Å². The van der Waals surface area contributed by atoms with E-state index in [9.17, 15) is 4.79 Å². The highest BCUT2D eigenvalue weighted by atomic mass is 16.1. The Morgan fingerprint density at radius 3 is 0.585 bits per heavy atom. The minimum Gasteiger partial charge on any atom is -0.356 e. The Morgan fingerprint density at radius 1 is 0.245 bits per heavy atom. The minimum absolute atomic E-state index is 0.244. The Kier molecular flexibility index (Phi) is 49.0. The van der Waals surface area contributed by atoms with Gasteiger partial charge in [-0.2, -0.15) is 0 Å². The Morgan fingerprint density at radius 2 is 0.415 bits per heavy atom. The maximum Gasteiger partial charge on any atom is 0.219 e. The molecule has 0 atom stereocenters. The van der Waals surface area contributed by atoms with Gasteiger partial charge in [0.1, 0.15) is 0 Å². The van der Waals surface area contributed by atoms with Gasteiger partial charge in [0.05, 0.1) is 0 Å². The molecule has 318 valence electrons. The molecule has 0 saturated carbocycles. The molecule has 0 radical (unpaired) electrons. The first kappa shape index (κ1) is 52.5. The number of unbranched alkanes of at least 4 members (excludes halogenated alkanes) is 44. The highest BCUT2D eigenvalue weighted by Gasteiger charge is 2.01. The average molecular weight is 746 g/mol. The third kappa shape index (κ3) is 49.5. The van der Waals surface area contributed by atoms with Gasteiger partial charge in [-0.1, -0.05) is 296 Å². The van der Waals surface area contributed by atoms with Crippen molar-refractivity contribution in [2.45, 2.75) is 316 Å². The van der Waals surface area contributed by atoms with Crippen molar-refractivity contribution >= 4 is 5.91 Å². The molecule has 0 aliphatic heterocycles. The molecule has 0 rings (SSSR count). The Balaban J connectivity index is 3.07. The first-order chi connectivity index (χ1) is 26.3. The van der Waals surface area contributed by atoms with Crippen LogP contribution in [-0.2, 0) is 4.79 Å². The third-order valence-electron chi connectivity index (χ3n) is 12.1. The molecule has 0 spiro atoms. The topological polar surface area (TPSA) is 29.1 Å². The van der Waals surface area contributed by atoms with Crippen molar-refractivity contribution < 1.29 is 4.79 Å². The van der Waals surface area contributed by atoms with Gasteiger partial charge in [-0.15, -0.1) is 0 Å². The number of hydrogen-bond acceptors (Lipinski definition) is 1. The highest BCUT2D eigenvalue weighted by molar-refractivity contribution is 5.75. The van der Waals surface area contributed by atoms with Crippen molar-refractivity contribution in [1.29, 1.82) is 0 Å². The van der Waals surface area contributed by atoms with E-state index in [-0.39, 0.29) is 5.91 Å². The normalized spacial score (nSPS) is 11.5. The molecule has 0 unspecified atom stereocenters. The molecular weight excluding hydrogens is 643 g/mol. The fourth-order valence-corrected chi connectivity index (χ4v) is 8.31. The molecule has 0 saturated heterocycles. The zero-order valence-corrected chi connectivity index (χ0v) is 37.3. The van der Waals surface area contributed by atoms with Crippen molar-refractivity contribution in [3.63, 3.8) is 0 Å². The molecule has 2 nitrogen and oxygen atoms in total. The minimum atomic E-state index is 0.244. The van der Waals surface area contributed by atoms with Crippen LogP contribution < -0.4 is 5.32 Å². The maximum absolute atomic E-state index is 11.6. The fraction of sp³-hybridized carbons (Fsp3) is 0.980.